The number of hydrogen-bond acceptors (Lipinski definition) is 3. The van der Waals surface area contributed by atoms with Gasteiger partial charge in [-0.25, -0.2) is 0 Å². The van der Waals surface area contributed by atoms with Crippen LogP contribution in [0, 0.1) is 5.92 Å². The highest BCUT2D eigenvalue weighted by Crippen LogP contribution is 2.19. The summed E-state index contributed by atoms with van der Waals surface area (Å²) in [5, 5.41) is 12.4. The minimum Gasteiger partial charge on any atom is -0.389 e. The lowest BCUT2D eigenvalue weighted by atomic mass is 9.92. The lowest BCUT2D eigenvalue weighted by molar-refractivity contribution is -0.0194. The van der Waals surface area contributed by atoms with Gasteiger partial charge >= 0.3 is 0 Å². The third-order valence-corrected chi connectivity index (χ3v) is 4.06. The summed E-state index contributed by atoms with van der Waals surface area (Å²) in [6.45, 7) is 10.9. The summed E-state index contributed by atoms with van der Waals surface area (Å²) >= 11 is 1.78. The first kappa shape index (κ1) is 13.7. The molecule has 0 aliphatic heterocycles. The second-order valence-electron chi connectivity index (χ2n) is 4.89. The maximum absolute atomic E-state index is 10.3. The van der Waals surface area contributed by atoms with E-state index in [9.17, 15) is 5.11 Å². The molecular weight excluding hydrogens is 218 g/mol. The molecule has 1 rings (SSSR count). The first-order chi connectivity index (χ1) is 7.45. The van der Waals surface area contributed by atoms with Crippen molar-refractivity contribution < 1.29 is 5.11 Å². The number of hydrogen-bond donors (Lipinski definition) is 1. The van der Waals surface area contributed by atoms with Crippen LogP contribution in [0.1, 0.15) is 32.6 Å². The molecular formula is C13H23NOS. The molecule has 0 saturated carbocycles. The molecule has 1 atom stereocenters. The fourth-order valence-corrected chi connectivity index (χ4v) is 2.28. The van der Waals surface area contributed by atoms with Gasteiger partial charge in [0.1, 0.15) is 0 Å². The minimum atomic E-state index is -0.604. The highest BCUT2D eigenvalue weighted by molar-refractivity contribution is 7.09. The largest absolute Gasteiger partial charge is 0.389 e. The van der Waals surface area contributed by atoms with Crippen molar-refractivity contribution in [3.63, 3.8) is 0 Å². The van der Waals surface area contributed by atoms with E-state index in [4.69, 9.17) is 0 Å². The molecule has 1 unspecified atom stereocenters. The van der Waals surface area contributed by atoms with E-state index in [0.717, 1.165) is 19.6 Å². The molecule has 0 radical (unpaired) electrons. The molecule has 1 N–H and O–H groups in total. The van der Waals surface area contributed by atoms with Crippen molar-refractivity contribution >= 4 is 11.3 Å². The summed E-state index contributed by atoms with van der Waals surface area (Å²) in [7, 11) is 0. The normalized spacial score (nSPS) is 15.7. The Hall–Kier alpha value is -0.380. The van der Waals surface area contributed by atoms with Crippen LogP contribution >= 0.6 is 11.3 Å². The highest BCUT2D eigenvalue weighted by Gasteiger charge is 2.27. The number of rotatable bonds is 6. The predicted octanol–water partition coefficient (Wildman–Crippen LogP) is 2.98. The molecule has 16 heavy (non-hydrogen) atoms. The Balaban J connectivity index is 2.55. The van der Waals surface area contributed by atoms with Gasteiger partial charge < -0.3 is 5.11 Å². The molecule has 0 amide bonds. The second kappa shape index (κ2) is 5.80. The second-order valence-corrected chi connectivity index (χ2v) is 5.93. The third-order valence-electron chi connectivity index (χ3n) is 3.19. The number of aliphatic hydroxyl groups is 1. The molecule has 0 aliphatic carbocycles. The van der Waals surface area contributed by atoms with Crippen LogP contribution in [0.3, 0.4) is 0 Å². The van der Waals surface area contributed by atoms with Gasteiger partial charge in [0.2, 0.25) is 0 Å². The Kier molecular flexibility index (Phi) is 4.96. The molecule has 1 heterocycles. The smallest absolute Gasteiger partial charge is 0.0768 e. The topological polar surface area (TPSA) is 23.5 Å². The number of thiophene rings is 1. The van der Waals surface area contributed by atoms with Crippen molar-refractivity contribution in [1.82, 2.24) is 4.90 Å². The third kappa shape index (κ3) is 3.89. The van der Waals surface area contributed by atoms with Gasteiger partial charge in [-0.3, -0.25) is 4.90 Å². The maximum atomic E-state index is 10.3. The Morgan fingerprint density at radius 2 is 2.19 bits per heavy atom. The van der Waals surface area contributed by atoms with Gasteiger partial charge in [0.15, 0.2) is 0 Å². The highest BCUT2D eigenvalue weighted by atomic mass is 32.1. The average molecular weight is 241 g/mol. The van der Waals surface area contributed by atoms with Gasteiger partial charge in [-0.15, -0.1) is 11.3 Å². The fraction of sp³-hybridized carbons (Fsp3) is 0.692. The summed E-state index contributed by atoms with van der Waals surface area (Å²) in [4.78, 5) is 3.66. The molecule has 1 aromatic heterocycles. The SMILES string of the molecule is CCN(Cc1cccs1)CC(C)(O)C(C)C. The molecule has 3 heteroatoms. The first-order valence-corrected chi connectivity index (χ1v) is 6.80. The van der Waals surface area contributed by atoms with Crippen molar-refractivity contribution in [3.05, 3.63) is 22.4 Å². The summed E-state index contributed by atoms with van der Waals surface area (Å²) in [6.07, 6.45) is 0. The van der Waals surface area contributed by atoms with E-state index in [1.165, 1.54) is 4.88 Å². The van der Waals surface area contributed by atoms with Crippen molar-refractivity contribution in [1.29, 1.82) is 0 Å². The number of likely N-dealkylation sites (N-methyl/N-ethyl adjacent to an activating group) is 1. The van der Waals surface area contributed by atoms with E-state index < -0.39 is 5.60 Å². The summed E-state index contributed by atoms with van der Waals surface area (Å²) < 4.78 is 0. The van der Waals surface area contributed by atoms with Gasteiger partial charge in [-0.1, -0.05) is 26.8 Å². The van der Waals surface area contributed by atoms with Crippen LogP contribution in [-0.4, -0.2) is 28.7 Å². The van der Waals surface area contributed by atoms with Crippen LogP contribution in [-0.2, 0) is 6.54 Å². The Bertz CT molecular complexity index is 293. The zero-order valence-electron chi connectivity index (χ0n) is 10.7. The van der Waals surface area contributed by atoms with Gasteiger partial charge in [0.05, 0.1) is 5.60 Å². The van der Waals surface area contributed by atoms with Gasteiger partial charge in [0, 0.05) is 18.0 Å². The van der Waals surface area contributed by atoms with Crippen LogP contribution in [0.5, 0.6) is 0 Å². The molecule has 2 nitrogen and oxygen atoms in total. The molecule has 0 aliphatic rings. The van der Waals surface area contributed by atoms with Crippen LogP contribution in [0.4, 0.5) is 0 Å². The summed E-state index contributed by atoms with van der Waals surface area (Å²) in [6, 6.07) is 4.23. The minimum absolute atomic E-state index is 0.282. The van der Waals surface area contributed by atoms with Crippen LogP contribution in [0.2, 0.25) is 0 Å². The van der Waals surface area contributed by atoms with Crippen molar-refractivity contribution in [2.24, 2.45) is 5.92 Å². The monoisotopic (exact) mass is 241 g/mol. The predicted molar refractivity (Wildman–Crippen MR) is 70.7 cm³/mol. The van der Waals surface area contributed by atoms with Crippen LogP contribution in [0.15, 0.2) is 17.5 Å². The Labute approximate surface area is 103 Å². The summed E-state index contributed by atoms with van der Waals surface area (Å²) in [5.41, 5.74) is -0.604. The van der Waals surface area contributed by atoms with E-state index >= 15 is 0 Å². The molecule has 1 aromatic rings. The van der Waals surface area contributed by atoms with E-state index in [2.05, 4.69) is 43.2 Å². The summed E-state index contributed by atoms with van der Waals surface area (Å²) in [5.74, 6) is 0.282. The quantitative estimate of drug-likeness (QED) is 0.827. The molecule has 0 fully saturated rings. The zero-order chi connectivity index (χ0) is 12.2. The standard InChI is InChI=1S/C13H23NOS/c1-5-14(9-12-7-6-8-16-12)10-13(4,15)11(2)3/h6-8,11,15H,5,9-10H2,1-4H3. The fourth-order valence-electron chi connectivity index (χ4n) is 1.54. The molecule has 0 saturated heterocycles. The van der Waals surface area contributed by atoms with Crippen LogP contribution in [0.25, 0.3) is 0 Å². The van der Waals surface area contributed by atoms with Crippen molar-refractivity contribution in [2.45, 2.75) is 39.8 Å². The van der Waals surface area contributed by atoms with E-state index in [1.54, 1.807) is 11.3 Å². The van der Waals surface area contributed by atoms with Crippen molar-refractivity contribution in [2.75, 3.05) is 13.1 Å². The molecule has 0 bridgehead atoms. The molecule has 0 spiro atoms. The maximum Gasteiger partial charge on any atom is 0.0768 e. The number of nitrogens with zero attached hydrogens (tertiary/aromatic N) is 1. The Morgan fingerprint density at radius 1 is 1.50 bits per heavy atom. The van der Waals surface area contributed by atoms with Crippen LogP contribution < -0.4 is 0 Å². The Morgan fingerprint density at radius 3 is 2.62 bits per heavy atom. The van der Waals surface area contributed by atoms with Crippen molar-refractivity contribution in [3.8, 4) is 0 Å². The van der Waals surface area contributed by atoms with E-state index in [0.29, 0.717) is 0 Å². The lowest BCUT2D eigenvalue weighted by Gasteiger charge is -2.33. The molecule has 0 aromatic carbocycles. The zero-order valence-corrected chi connectivity index (χ0v) is 11.5. The lowest BCUT2D eigenvalue weighted by Crippen LogP contribution is -2.44. The van der Waals surface area contributed by atoms with E-state index in [1.807, 2.05) is 6.92 Å². The first-order valence-electron chi connectivity index (χ1n) is 5.93. The van der Waals surface area contributed by atoms with Gasteiger partial charge in [0.25, 0.3) is 0 Å². The van der Waals surface area contributed by atoms with Gasteiger partial charge in [-0.05, 0) is 30.8 Å². The van der Waals surface area contributed by atoms with E-state index in [-0.39, 0.29) is 5.92 Å². The average Bonchev–Trinajstić information content (AvgIpc) is 2.68. The molecule has 92 valence electrons. The van der Waals surface area contributed by atoms with Gasteiger partial charge in [-0.2, -0.15) is 0 Å².